The molecule has 26 heavy (non-hydrogen) atoms. The molecule has 7 heteroatoms. The number of nitrogens with zero attached hydrogens (tertiary/aromatic N) is 3. The van der Waals surface area contributed by atoms with E-state index in [-0.39, 0.29) is 11.5 Å². The van der Waals surface area contributed by atoms with Gasteiger partial charge in [-0.2, -0.15) is 5.10 Å². The fraction of sp³-hybridized carbons (Fsp3) is 0.211. The number of nitrogens with one attached hydrogen (secondary N) is 1. The molecule has 6 nitrogen and oxygen atoms in total. The number of benzene rings is 1. The van der Waals surface area contributed by atoms with Crippen LogP contribution in [0.5, 0.6) is 0 Å². The van der Waals surface area contributed by atoms with Gasteiger partial charge in [0.25, 0.3) is 5.56 Å². The topological polar surface area (TPSA) is 68.9 Å². The summed E-state index contributed by atoms with van der Waals surface area (Å²) in [7, 11) is 1.62. The predicted octanol–water partition coefficient (Wildman–Crippen LogP) is 2.83. The minimum Gasteiger partial charge on any atom is -0.349 e. The molecule has 0 fully saturated rings. The van der Waals surface area contributed by atoms with Crippen LogP contribution in [0.25, 0.3) is 21.8 Å². The van der Waals surface area contributed by atoms with Crippen LogP contribution in [-0.2, 0) is 18.4 Å². The second kappa shape index (κ2) is 6.42. The highest BCUT2D eigenvalue weighted by molar-refractivity contribution is 7.09. The van der Waals surface area contributed by atoms with Gasteiger partial charge in [0.15, 0.2) is 0 Å². The second-order valence-electron chi connectivity index (χ2n) is 6.20. The van der Waals surface area contributed by atoms with Gasteiger partial charge in [-0.25, -0.2) is 4.68 Å². The first-order valence-corrected chi connectivity index (χ1v) is 9.21. The molecule has 1 atom stereocenters. The van der Waals surface area contributed by atoms with Crippen molar-refractivity contribution in [1.82, 2.24) is 19.7 Å². The summed E-state index contributed by atoms with van der Waals surface area (Å²) in [5.41, 5.74) is 1.14. The summed E-state index contributed by atoms with van der Waals surface area (Å²) in [4.78, 5) is 26.6. The van der Waals surface area contributed by atoms with Gasteiger partial charge in [-0.05, 0) is 24.4 Å². The molecular weight excluding hydrogens is 348 g/mol. The van der Waals surface area contributed by atoms with Crippen LogP contribution in [0.2, 0.25) is 0 Å². The van der Waals surface area contributed by atoms with Crippen molar-refractivity contribution in [1.29, 1.82) is 0 Å². The predicted molar refractivity (Wildman–Crippen MR) is 103 cm³/mol. The molecule has 0 aliphatic rings. The molecule has 3 aromatic heterocycles. The van der Waals surface area contributed by atoms with Crippen LogP contribution in [0.1, 0.15) is 17.8 Å². The Morgan fingerprint density at radius 1 is 1.23 bits per heavy atom. The first-order chi connectivity index (χ1) is 12.6. The molecule has 0 bridgehead atoms. The minimum atomic E-state index is -0.521. The lowest BCUT2D eigenvalue weighted by molar-refractivity contribution is -0.123. The first kappa shape index (κ1) is 16.5. The number of aryl methyl sites for hydroxylation is 1. The normalized spacial score (nSPS) is 12.5. The number of para-hydroxylation sites is 1. The van der Waals surface area contributed by atoms with E-state index in [1.807, 2.05) is 53.3 Å². The average Bonchev–Trinajstić information content (AvgIpc) is 3.28. The van der Waals surface area contributed by atoms with Crippen molar-refractivity contribution in [2.75, 3.05) is 0 Å². The van der Waals surface area contributed by atoms with E-state index >= 15 is 0 Å². The van der Waals surface area contributed by atoms with Crippen LogP contribution in [0.15, 0.2) is 52.8 Å². The maximum Gasteiger partial charge on any atom is 0.291 e. The number of rotatable bonds is 4. The van der Waals surface area contributed by atoms with Gasteiger partial charge in [0.2, 0.25) is 5.91 Å². The molecule has 0 radical (unpaired) electrons. The van der Waals surface area contributed by atoms with E-state index in [0.717, 1.165) is 21.2 Å². The van der Waals surface area contributed by atoms with Crippen molar-refractivity contribution < 1.29 is 4.79 Å². The minimum absolute atomic E-state index is 0.125. The molecule has 1 amide bonds. The van der Waals surface area contributed by atoms with E-state index in [0.29, 0.717) is 12.1 Å². The van der Waals surface area contributed by atoms with Gasteiger partial charge in [0, 0.05) is 22.7 Å². The number of carbonyl (C=O) groups excluding carboxylic acids is 1. The fourth-order valence-electron chi connectivity index (χ4n) is 3.24. The van der Waals surface area contributed by atoms with Gasteiger partial charge in [0.1, 0.15) is 11.6 Å². The van der Waals surface area contributed by atoms with Crippen LogP contribution in [-0.4, -0.2) is 20.3 Å². The quantitative estimate of drug-likeness (QED) is 0.604. The third kappa shape index (κ3) is 2.61. The van der Waals surface area contributed by atoms with Gasteiger partial charge in [0.05, 0.1) is 18.3 Å². The Balaban J connectivity index is 1.82. The lowest BCUT2D eigenvalue weighted by Crippen LogP contribution is -2.32. The number of carbonyl (C=O) groups is 1. The summed E-state index contributed by atoms with van der Waals surface area (Å²) in [6.45, 7) is 2.30. The van der Waals surface area contributed by atoms with E-state index in [9.17, 15) is 9.59 Å². The van der Waals surface area contributed by atoms with E-state index in [1.165, 1.54) is 4.68 Å². The average molecular weight is 366 g/mol. The lowest BCUT2D eigenvalue weighted by Gasteiger charge is -2.16. The monoisotopic (exact) mass is 366 g/mol. The Kier molecular flexibility index (Phi) is 4.08. The number of thiophene rings is 1. The highest BCUT2D eigenvalue weighted by Crippen LogP contribution is 2.29. The number of hydrogen-bond donors (Lipinski definition) is 1. The molecule has 4 aromatic rings. The first-order valence-electron chi connectivity index (χ1n) is 8.33. The molecule has 0 aliphatic carbocycles. The Labute approximate surface area is 153 Å². The number of amides is 1. The molecule has 1 aromatic carbocycles. The van der Waals surface area contributed by atoms with E-state index in [1.54, 1.807) is 24.6 Å². The molecule has 0 saturated carbocycles. The zero-order valence-corrected chi connectivity index (χ0v) is 15.3. The summed E-state index contributed by atoms with van der Waals surface area (Å²) < 4.78 is 3.12. The second-order valence-corrected chi connectivity index (χ2v) is 7.23. The zero-order valence-electron chi connectivity index (χ0n) is 14.5. The molecule has 0 spiro atoms. The summed E-state index contributed by atoms with van der Waals surface area (Å²) in [6, 6.07) is 11.1. The standard InChI is InChI=1S/C19H18N4O2S/c1-12(18(24)20-10-13-6-5-9-26-13)23-16-8-4-3-7-14(16)15-11-21-22(2)19(25)17(15)23/h3-9,11-12H,10H2,1-2H3,(H,20,24)/t12-/m1/s1. The Bertz CT molecular complexity index is 1160. The van der Waals surface area contributed by atoms with Gasteiger partial charge >= 0.3 is 0 Å². The van der Waals surface area contributed by atoms with Gasteiger partial charge in [-0.1, -0.05) is 24.3 Å². The SMILES string of the molecule is C[C@H](C(=O)NCc1cccs1)n1c2ccccc2c2cnn(C)c(=O)c21. The van der Waals surface area contributed by atoms with Gasteiger partial charge < -0.3 is 9.88 Å². The fourth-order valence-corrected chi connectivity index (χ4v) is 3.89. The van der Waals surface area contributed by atoms with Gasteiger partial charge in [-0.15, -0.1) is 11.3 Å². The van der Waals surface area contributed by atoms with Gasteiger partial charge in [-0.3, -0.25) is 9.59 Å². The number of fused-ring (bicyclic) bond motifs is 3. The van der Waals surface area contributed by atoms with Crippen molar-refractivity contribution in [2.45, 2.75) is 19.5 Å². The molecular formula is C19H18N4O2S. The Morgan fingerprint density at radius 2 is 2.04 bits per heavy atom. The summed E-state index contributed by atoms with van der Waals surface area (Å²) in [5, 5.41) is 10.8. The van der Waals surface area contributed by atoms with E-state index < -0.39 is 6.04 Å². The molecule has 132 valence electrons. The Hall–Kier alpha value is -2.93. The van der Waals surface area contributed by atoms with Crippen LogP contribution in [0, 0.1) is 0 Å². The third-order valence-electron chi connectivity index (χ3n) is 4.59. The summed E-state index contributed by atoms with van der Waals surface area (Å²) in [6.07, 6.45) is 1.69. The molecule has 0 saturated heterocycles. The largest absolute Gasteiger partial charge is 0.349 e. The maximum atomic E-state index is 12.8. The maximum absolute atomic E-state index is 12.8. The van der Waals surface area contributed by atoms with Crippen molar-refractivity contribution in [3.8, 4) is 0 Å². The van der Waals surface area contributed by atoms with Crippen LogP contribution < -0.4 is 10.9 Å². The van der Waals surface area contributed by atoms with E-state index in [2.05, 4.69) is 10.4 Å². The summed E-state index contributed by atoms with van der Waals surface area (Å²) >= 11 is 1.60. The van der Waals surface area contributed by atoms with E-state index in [4.69, 9.17) is 0 Å². The van der Waals surface area contributed by atoms with Crippen molar-refractivity contribution >= 4 is 39.0 Å². The molecule has 4 rings (SSSR count). The lowest BCUT2D eigenvalue weighted by atomic mass is 10.2. The highest BCUT2D eigenvalue weighted by atomic mass is 32.1. The van der Waals surface area contributed by atoms with Crippen LogP contribution in [0.4, 0.5) is 0 Å². The van der Waals surface area contributed by atoms with Crippen LogP contribution >= 0.6 is 11.3 Å². The summed E-state index contributed by atoms with van der Waals surface area (Å²) in [5.74, 6) is -0.125. The third-order valence-corrected chi connectivity index (χ3v) is 5.47. The molecule has 0 unspecified atom stereocenters. The zero-order chi connectivity index (χ0) is 18.3. The number of aromatic nitrogens is 3. The van der Waals surface area contributed by atoms with Crippen molar-refractivity contribution in [3.05, 3.63) is 63.2 Å². The van der Waals surface area contributed by atoms with Crippen molar-refractivity contribution in [3.63, 3.8) is 0 Å². The van der Waals surface area contributed by atoms with Crippen LogP contribution in [0.3, 0.4) is 0 Å². The molecule has 0 aliphatic heterocycles. The van der Waals surface area contributed by atoms with Crippen molar-refractivity contribution in [2.24, 2.45) is 7.05 Å². The molecule has 1 N–H and O–H groups in total. The highest BCUT2D eigenvalue weighted by Gasteiger charge is 2.23. The molecule has 3 heterocycles. The smallest absolute Gasteiger partial charge is 0.291 e. The number of hydrogen-bond acceptors (Lipinski definition) is 4. The Morgan fingerprint density at radius 3 is 2.81 bits per heavy atom.